The van der Waals surface area contributed by atoms with Gasteiger partial charge in [-0.1, -0.05) is 24.3 Å². The van der Waals surface area contributed by atoms with Crippen LogP contribution in [0.2, 0.25) is 0 Å². The van der Waals surface area contributed by atoms with Crippen LogP contribution in [0.5, 0.6) is 5.75 Å². The number of methoxy groups -OCH3 is 2. The summed E-state index contributed by atoms with van der Waals surface area (Å²) in [6.45, 7) is 2.03. The van der Waals surface area contributed by atoms with Crippen LogP contribution in [0.3, 0.4) is 0 Å². The Morgan fingerprint density at radius 3 is 2.44 bits per heavy atom. The van der Waals surface area contributed by atoms with Crippen LogP contribution < -0.4 is 10.1 Å². The summed E-state index contributed by atoms with van der Waals surface area (Å²) in [4.78, 5) is 23.7. The number of hydrogen-bond donors (Lipinski definition) is 2. The number of ether oxygens (including phenoxy) is 2. The van der Waals surface area contributed by atoms with Crippen LogP contribution in [0, 0.1) is 0 Å². The third kappa shape index (κ3) is 4.70. The Balaban J connectivity index is 2.15. The lowest BCUT2D eigenvalue weighted by atomic mass is 9.96. The molecule has 2 N–H and O–H groups in total. The van der Waals surface area contributed by atoms with Crippen LogP contribution >= 0.6 is 0 Å². The molecule has 6 heteroatoms. The monoisotopic (exact) mass is 345 g/mol. The van der Waals surface area contributed by atoms with E-state index >= 15 is 0 Å². The minimum Gasteiger partial charge on any atom is -0.497 e. The van der Waals surface area contributed by atoms with E-state index in [1.165, 1.54) is 7.11 Å². The van der Waals surface area contributed by atoms with Crippen molar-refractivity contribution in [1.82, 2.24) is 5.32 Å². The largest absolute Gasteiger partial charge is 0.497 e. The highest BCUT2D eigenvalue weighted by Crippen LogP contribution is 2.25. The van der Waals surface area contributed by atoms with Crippen LogP contribution in [0.25, 0.3) is 10.8 Å². The molecular formula is C19H23NO5. The van der Waals surface area contributed by atoms with E-state index in [0.717, 1.165) is 22.1 Å². The average molecular weight is 345 g/mol. The van der Waals surface area contributed by atoms with E-state index in [1.54, 1.807) is 14.0 Å². The van der Waals surface area contributed by atoms with Gasteiger partial charge in [0.2, 0.25) is 5.91 Å². The molecule has 2 atom stereocenters. The van der Waals surface area contributed by atoms with Crippen molar-refractivity contribution in [3.05, 3.63) is 42.0 Å². The lowest BCUT2D eigenvalue weighted by molar-refractivity contribution is -0.142. The molecule has 0 saturated carbocycles. The second kappa shape index (κ2) is 8.48. The van der Waals surface area contributed by atoms with E-state index in [4.69, 9.17) is 9.47 Å². The van der Waals surface area contributed by atoms with Crippen molar-refractivity contribution in [2.45, 2.75) is 25.3 Å². The third-order valence-electron chi connectivity index (χ3n) is 4.19. The van der Waals surface area contributed by atoms with E-state index < -0.39 is 17.9 Å². The first-order valence-electron chi connectivity index (χ1n) is 8.06. The van der Waals surface area contributed by atoms with E-state index in [9.17, 15) is 14.7 Å². The predicted molar refractivity (Wildman–Crippen MR) is 95.0 cm³/mol. The van der Waals surface area contributed by atoms with Crippen molar-refractivity contribution >= 4 is 22.6 Å². The molecular weight excluding hydrogens is 322 g/mol. The number of carboxylic acids is 1. The molecule has 25 heavy (non-hydrogen) atoms. The molecule has 2 aromatic carbocycles. The maximum absolute atomic E-state index is 12.4. The van der Waals surface area contributed by atoms with Gasteiger partial charge in [-0.3, -0.25) is 4.79 Å². The number of benzene rings is 2. The predicted octanol–water partition coefficient (Wildman–Crippen LogP) is 2.56. The minimum atomic E-state index is -1.07. The van der Waals surface area contributed by atoms with E-state index in [-0.39, 0.29) is 18.9 Å². The first kappa shape index (κ1) is 18.7. The van der Waals surface area contributed by atoms with Gasteiger partial charge in [-0.2, -0.15) is 0 Å². The fourth-order valence-corrected chi connectivity index (χ4v) is 2.58. The Morgan fingerprint density at radius 2 is 1.80 bits per heavy atom. The van der Waals surface area contributed by atoms with E-state index in [0.29, 0.717) is 0 Å². The van der Waals surface area contributed by atoms with Crippen LogP contribution in [0.15, 0.2) is 36.4 Å². The van der Waals surface area contributed by atoms with Crippen molar-refractivity contribution < 1.29 is 24.2 Å². The van der Waals surface area contributed by atoms with Gasteiger partial charge in [-0.05, 0) is 35.4 Å². The SMILES string of the molecule is COCCC(NC(=O)[C@@H](C)c1ccc2cc(OC)ccc2c1)C(=O)O. The zero-order valence-corrected chi connectivity index (χ0v) is 14.6. The Morgan fingerprint density at radius 1 is 1.12 bits per heavy atom. The van der Waals surface area contributed by atoms with Gasteiger partial charge in [0.25, 0.3) is 0 Å². The summed E-state index contributed by atoms with van der Waals surface area (Å²) in [5.74, 6) is -1.08. The fourth-order valence-electron chi connectivity index (χ4n) is 2.58. The van der Waals surface area contributed by atoms with Gasteiger partial charge in [0, 0.05) is 20.1 Å². The molecule has 0 spiro atoms. The number of fused-ring (bicyclic) bond motifs is 1. The molecule has 2 aromatic rings. The van der Waals surface area contributed by atoms with Crippen molar-refractivity contribution in [2.75, 3.05) is 20.8 Å². The van der Waals surface area contributed by atoms with Gasteiger partial charge in [-0.25, -0.2) is 4.79 Å². The van der Waals surface area contributed by atoms with Gasteiger partial charge in [0.05, 0.1) is 13.0 Å². The summed E-state index contributed by atoms with van der Waals surface area (Å²) < 4.78 is 10.1. The molecule has 2 rings (SSSR count). The van der Waals surface area contributed by atoms with Crippen molar-refractivity contribution in [3.63, 3.8) is 0 Å². The number of carbonyl (C=O) groups is 2. The minimum absolute atomic E-state index is 0.224. The Kier molecular flexibility index (Phi) is 6.36. The number of nitrogens with one attached hydrogen (secondary N) is 1. The molecule has 0 radical (unpaired) electrons. The summed E-state index contributed by atoms with van der Waals surface area (Å²) in [6.07, 6.45) is 0.224. The molecule has 0 aliphatic carbocycles. The number of carbonyl (C=O) groups excluding carboxylic acids is 1. The summed E-state index contributed by atoms with van der Waals surface area (Å²) >= 11 is 0. The molecule has 0 aromatic heterocycles. The van der Waals surface area contributed by atoms with Gasteiger partial charge < -0.3 is 19.9 Å². The molecule has 6 nitrogen and oxygen atoms in total. The van der Waals surface area contributed by atoms with Crippen LogP contribution in [0.1, 0.15) is 24.8 Å². The molecule has 0 aliphatic rings. The lowest BCUT2D eigenvalue weighted by Crippen LogP contribution is -2.43. The first-order valence-corrected chi connectivity index (χ1v) is 8.06. The molecule has 1 amide bonds. The zero-order chi connectivity index (χ0) is 18.4. The Labute approximate surface area is 146 Å². The molecule has 0 heterocycles. The maximum Gasteiger partial charge on any atom is 0.326 e. The molecule has 1 unspecified atom stereocenters. The quantitative estimate of drug-likeness (QED) is 0.768. The fraction of sp³-hybridized carbons (Fsp3) is 0.368. The average Bonchev–Trinajstić information content (AvgIpc) is 2.63. The van der Waals surface area contributed by atoms with Gasteiger partial charge >= 0.3 is 5.97 Å². The molecule has 0 aliphatic heterocycles. The summed E-state index contributed by atoms with van der Waals surface area (Å²) in [6, 6.07) is 10.5. The summed E-state index contributed by atoms with van der Waals surface area (Å²) in [5, 5.41) is 13.8. The lowest BCUT2D eigenvalue weighted by Gasteiger charge is -2.18. The van der Waals surface area contributed by atoms with Crippen molar-refractivity contribution in [1.29, 1.82) is 0 Å². The third-order valence-corrected chi connectivity index (χ3v) is 4.19. The highest BCUT2D eigenvalue weighted by Gasteiger charge is 2.23. The van der Waals surface area contributed by atoms with E-state index in [1.807, 2.05) is 36.4 Å². The number of carboxylic acid groups (broad SMARTS) is 1. The topological polar surface area (TPSA) is 84.9 Å². The van der Waals surface area contributed by atoms with Gasteiger partial charge in [0.15, 0.2) is 0 Å². The van der Waals surface area contributed by atoms with Crippen molar-refractivity contribution in [3.8, 4) is 5.75 Å². The second-order valence-corrected chi connectivity index (χ2v) is 5.88. The Bertz CT molecular complexity index is 759. The molecule has 0 fully saturated rings. The number of amides is 1. The van der Waals surface area contributed by atoms with Crippen LogP contribution in [0.4, 0.5) is 0 Å². The number of aliphatic carboxylic acids is 1. The molecule has 0 saturated heterocycles. The molecule has 0 bridgehead atoms. The number of rotatable bonds is 8. The van der Waals surface area contributed by atoms with Crippen molar-refractivity contribution in [2.24, 2.45) is 0 Å². The van der Waals surface area contributed by atoms with Crippen LogP contribution in [-0.4, -0.2) is 43.9 Å². The Hall–Kier alpha value is -2.60. The van der Waals surface area contributed by atoms with Gasteiger partial charge in [-0.15, -0.1) is 0 Å². The molecule has 134 valence electrons. The van der Waals surface area contributed by atoms with E-state index in [2.05, 4.69) is 5.32 Å². The highest BCUT2D eigenvalue weighted by molar-refractivity contribution is 5.90. The second-order valence-electron chi connectivity index (χ2n) is 5.88. The number of hydrogen-bond acceptors (Lipinski definition) is 4. The first-order chi connectivity index (χ1) is 12.0. The zero-order valence-electron chi connectivity index (χ0n) is 14.6. The smallest absolute Gasteiger partial charge is 0.326 e. The summed E-state index contributed by atoms with van der Waals surface area (Å²) in [7, 11) is 3.11. The van der Waals surface area contributed by atoms with Gasteiger partial charge in [0.1, 0.15) is 11.8 Å². The van der Waals surface area contributed by atoms with Crippen LogP contribution in [-0.2, 0) is 14.3 Å². The normalized spacial score (nSPS) is 13.2. The standard InChI is InChI=1S/C19H23NO5/c1-12(18(21)20-17(19(22)23)8-9-24-2)13-4-5-15-11-16(25-3)7-6-14(15)10-13/h4-7,10-12,17H,8-9H2,1-3H3,(H,20,21)(H,22,23)/t12-,17?/m0/s1. The maximum atomic E-state index is 12.4. The highest BCUT2D eigenvalue weighted by atomic mass is 16.5. The summed E-state index contributed by atoms with van der Waals surface area (Å²) in [5.41, 5.74) is 0.825.